The van der Waals surface area contributed by atoms with Crippen LogP contribution in [0.25, 0.3) is 0 Å². The predicted molar refractivity (Wildman–Crippen MR) is 81.4 cm³/mol. The first-order valence-corrected chi connectivity index (χ1v) is 10.1. The monoisotopic (exact) mass is 276 g/mol. The molecule has 0 amide bonds. The van der Waals surface area contributed by atoms with E-state index in [1.54, 1.807) is 25.7 Å². The molecule has 0 aromatic heterocycles. The van der Waals surface area contributed by atoms with Crippen LogP contribution >= 0.6 is 35.3 Å². The fraction of sp³-hybridized carbons (Fsp3) is 1.00. The van der Waals surface area contributed by atoms with Gasteiger partial charge < -0.3 is 0 Å². The van der Waals surface area contributed by atoms with Crippen LogP contribution in [0.4, 0.5) is 0 Å². The first-order chi connectivity index (χ1) is 7.73. The molecular weight excluding hydrogens is 252 g/mol. The van der Waals surface area contributed by atoms with Crippen molar-refractivity contribution in [2.75, 3.05) is 18.8 Å². The number of fused-ring (bicyclic) bond motifs is 2. The van der Waals surface area contributed by atoms with Gasteiger partial charge in [0, 0.05) is 0 Å². The van der Waals surface area contributed by atoms with Gasteiger partial charge in [-0.2, -0.15) is 0 Å². The molecule has 2 aliphatic carbocycles. The molecule has 0 spiro atoms. The predicted octanol–water partition coefficient (Wildman–Crippen LogP) is 4.95. The third kappa shape index (κ3) is 2.72. The van der Waals surface area contributed by atoms with Gasteiger partial charge in [0.1, 0.15) is 3.41 Å². The van der Waals surface area contributed by atoms with Gasteiger partial charge in [-0.1, -0.05) is 6.42 Å². The highest BCUT2D eigenvalue weighted by molar-refractivity contribution is 8.33. The van der Waals surface area contributed by atoms with Crippen molar-refractivity contribution in [3.63, 3.8) is 0 Å². The lowest BCUT2D eigenvalue weighted by Crippen LogP contribution is -2.18. The van der Waals surface area contributed by atoms with Gasteiger partial charge in [-0.3, -0.25) is 0 Å². The van der Waals surface area contributed by atoms with Gasteiger partial charge in [0.25, 0.3) is 0 Å². The van der Waals surface area contributed by atoms with Crippen molar-refractivity contribution in [3.05, 3.63) is 0 Å². The van der Waals surface area contributed by atoms with E-state index in [-0.39, 0.29) is 0 Å². The fourth-order valence-corrected chi connectivity index (χ4v) is 6.61. The van der Waals surface area contributed by atoms with Crippen molar-refractivity contribution in [1.82, 2.24) is 0 Å². The van der Waals surface area contributed by atoms with E-state index in [2.05, 4.69) is 18.8 Å². The zero-order valence-corrected chi connectivity index (χ0v) is 13.1. The lowest BCUT2D eigenvalue weighted by molar-refractivity contribution is 0.310. The molecule has 0 aromatic rings. The summed E-state index contributed by atoms with van der Waals surface area (Å²) in [5, 5.41) is 0. The molecule has 2 fully saturated rings. The molecule has 0 nitrogen and oxygen atoms in total. The Morgan fingerprint density at radius 1 is 1.00 bits per heavy atom. The Bertz CT molecular complexity index is 217. The molecule has 16 heavy (non-hydrogen) atoms. The molecule has 0 heterocycles. The molecule has 2 saturated carbocycles. The molecule has 0 aromatic carbocycles. The van der Waals surface area contributed by atoms with Crippen molar-refractivity contribution >= 4 is 35.3 Å². The van der Waals surface area contributed by atoms with E-state index in [4.69, 9.17) is 0 Å². The molecule has 2 aliphatic rings. The van der Waals surface area contributed by atoms with Crippen LogP contribution in [-0.4, -0.2) is 22.2 Å². The van der Waals surface area contributed by atoms with Gasteiger partial charge in [-0.15, -0.1) is 35.3 Å². The molecule has 2 rings (SSSR count). The van der Waals surface area contributed by atoms with Gasteiger partial charge >= 0.3 is 0 Å². The van der Waals surface area contributed by atoms with Crippen molar-refractivity contribution < 1.29 is 0 Å². The molecule has 0 saturated heterocycles. The van der Waals surface area contributed by atoms with Crippen LogP contribution in [0.3, 0.4) is 0 Å². The molecule has 0 aliphatic heterocycles. The maximum absolute atomic E-state index is 2.27. The standard InChI is InChI=1S/C13H24S3/c1-14-13(15-2,16-3)7-6-12-9-10-4-5-11(12)8-10/h10-12H,4-9H2,1-3H3/t10-,11+,12?/m1/s1. The smallest absolute Gasteiger partial charge is 0.106 e. The molecule has 3 atom stereocenters. The minimum Gasteiger partial charge on any atom is -0.137 e. The minimum absolute atomic E-state index is 0.432. The van der Waals surface area contributed by atoms with Crippen LogP contribution in [0, 0.1) is 17.8 Å². The summed E-state index contributed by atoms with van der Waals surface area (Å²) in [5.74, 6) is 3.29. The van der Waals surface area contributed by atoms with Crippen LogP contribution < -0.4 is 0 Å². The molecule has 0 radical (unpaired) electrons. The average molecular weight is 277 g/mol. The van der Waals surface area contributed by atoms with E-state index in [9.17, 15) is 0 Å². The molecule has 94 valence electrons. The summed E-state index contributed by atoms with van der Waals surface area (Å²) in [6.45, 7) is 0. The van der Waals surface area contributed by atoms with E-state index in [0.717, 1.165) is 17.8 Å². The summed E-state index contributed by atoms with van der Waals surface area (Å²) in [6, 6.07) is 0. The van der Waals surface area contributed by atoms with Crippen LogP contribution in [0.1, 0.15) is 38.5 Å². The highest BCUT2D eigenvalue weighted by Crippen LogP contribution is 2.53. The summed E-state index contributed by atoms with van der Waals surface area (Å²) < 4.78 is 0.432. The largest absolute Gasteiger partial charge is 0.137 e. The minimum atomic E-state index is 0.432. The Balaban J connectivity index is 1.82. The third-order valence-electron chi connectivity index (χ3n) is 4.64. The van der Waals surface area contributed by atoms with Crippen LogP contribution in [-0.2, 0) is 0 Å². The van der Waals surface area contributed by atoms with Gasteiger partial charge in [0.2, 0.25) is 0 Å². The van der Waals surface area contributed by atoms with E-state index in [1.807, 2.05) is 35.3 Å². The van der Waals surface area contributed by atoms with Gasteiger partial charge in [-0.05, 0) is 68.6 Å². The summed E-state index contributed by atoms with van der Waals surface area (Å²) >= 11 is 6.14. The molecule has 0 N–H and O–H groups in total. The van der Waals surface area contributed by atoms with Crippen LogP contribution in [0.15, 0.2) is 0 Å². The maximum atomic E-state index is 2.27. The number of thioether (sulfide) groups is 3. The van der Waals surface area contributed by atoms with Crippen molar-refractivity contribution in [1.29, 1.82) is 0 Å². The molecule has 1 unspecified atom stereocenters. The summed E-state index contributed by atoms with van der Waals surface area (Å²) in [4.78, 5) is 0. The SMILES string of the molecule is CSC(CCC1C[C@@H]2CC[C@H]1C2)(SC)SC. The molecule has 3 heteroatoms. The van der Waals surface area contributed by atoms with E-state index < -0.39 is 0 Å². The van der Waals surface area contributed by atoms with Crippen LogP contribution in [0.5, 0.6) is 0 Å². The first-order valence-electron chi connectivity index (χ1n) is 6.38. The highest BCUT2D eigenvalue weighted by Gasteiger charge is 2.40. The Labute approximate surface area is 113 Å². The number of hydrogen-bond donors (Lipinski definition) is 0. The van der Waals surface area contributed by atoms with Crippen molar-refractivity contribution in [2.24, 2.45) is 17.8 Å². The zero-order valence-electron chi connectivity index (χ0n) is 10.7. The van der Waals surface area contributed by atoms with Crippen LogP contribution in [0.2, 0.25) is 0 Å². The van der Waals surface area contributed by atoms with Gasteiger partial charge in [-0.25, -0.2) is 0 Å². The highest BCUT2D eigenvalue weighted by atomic mass is 32.3. The lowest BCUT2D eigenvalue weighted by Gasteiger charge is -2.31. The summed E-state index contributed by atoms with van der Waals surface area (Å²) in [6.07, 6.45) is 15.9. The zero-order chi connectivity index (χ0) is 11.6. The van der Waals surface area contributed by atoms with Gasteiger partial charge in [0.05, 0.1) is 0 Å². The second kappa shape index (κ2) is 5.79. The first kappa shape index (κ1) is 13.5. The quantitative estimate of drug-likeness (QED) is 0.630. The van der Waals surface area contributed by atoms with E-state index in [0.29, 0.717) is 3.41 Å². The van der Waals surface area contributed by atoms with E-state index >= 15 is 0 Å². The topological polar surface area (TPSA) is 0 Å². The normalized spacial score (nSPS) is 33.6. The lowest BCUT2D eigenvalue weighted by atomic mass is 9.86. The number of hydrogen-bond acceptors (Lipinski definition) is 3. The fourth-order valence-electron chi connectivity index (χ4n) is 3.65. The molecular formula is C13H24S3. The Kier molecular flexibility index (Phi) is 4.88. The molecule has 2 bridgehead atoms. The van der Waals surface area contributed by atoms with Gasteiger partial charge in [0.15, 0.2) is 0 Å². The summed E-state index contributed by atoms with van der Waals surface area (Å²) in [5.41, 5.74) is 0. The Hall–Kier alpha value is 1.05. The summed E-state index contributed by atoms with van der Waals surface area (Å²) in [7, 11) is 0. The van der Waals surface area contributed by atoms with Crippen molar-refractivity contribution in [3.8, 4) is 0 Å². The third-order valence-corrected chi connectivity index (χ3v) is 10.1. The van der Waals surface area contributed by atoms with Crippen molar-refractivity contribution in [2.45, 2.75) is 41.9 Å². The second-order valence-electron chi connectivity index (χ2n) is 5.27. The average Bonchev–Trinajstić information content (AvgIpc) is 2.93. The Morgan fingerprint density at radius 2 is 1.69 bits per heavy atom. The maximum Gasteiger partial charge on any atom is 0.106 e. The number of rotatable bonds is 6. The second-order valence-corrected chi connectivity index (χ2v) is 9.36. The van der Waals surface area contributed by atoms with E-state index in [1.165, 1.54) is 12.8 Å². The Morgan fingerprint density at radius 3 is 2.12 bits per heavy atom.